The van der Waals surface area contributed by atoms with Gasteiger partial charge in [0.25, 0.3) is 0 Å². The van der Waals surface area contributed by atoms with Crippen LogP contribution >= 0.6 is 11.3 Å². The highest BCUT2D eigenvalue weighted by Crippen LogP contribution is 2.34. The highest BCUT2D eigenvalue weighted by molar-refractivity contribution is 7.89. The summed E-state index contributed by atoms with van der Waals surface area (Å²) in [4.78, 5) is 20.3. The Morgan fingerprint density at radius 2 is 1.66 bits per heavy atom. The average molecular weight is 470 g/mol. The van der Waals surface area contributed by atoms with Crippen molar-refractivity contribution in [3.8, 4) is 0 Å². The highest BCUT2D eigenvalue weighted by Gasteiger charge is 2.36. The molecule has 2 saturated heterocycles. The van der Waals surface area contributed by atoms with Gasteiger partial charge < -0.3 is 4.90 Å². The lowest BCUT2D eigenvalue weighted by Crippen LogP contribution is -2.48. The number of aromatic nitrogens is 1. The lowest BCUT2D eigenvalue weighted by Gasteiger charge is -2.37. The van der Waals surface area contributed by atoms with Crippen LogP contribution < -0.4 is 0 Å². The molecule has 0 N–H and O–H groups in total. The molecule has 0 bridgehead atoms. The van der Waals surface area contributed by atoms with Gasteiger partial charge in [0, 0.05) is 32.1 Å². The average Bonchev–Trinajstić information content (AvgIpc) is 3.29. The van der Waals surface area contributed by atoms with Crippen molar-refractivity contribution in [1.82, 2.24) is 14.2 Å². The number of piperidine rings is 2. The summed E-state index contributed by atoms with van der Waals surface area (Å²) >= 11 is 1.75. The molecule has 1 aromatic heterocycles. The molecular formula is C24H27N3O3S2. The molecule has 32 heavy (non-hydrogen) atoms. The maximum absolute atomic E-state index is 13.2. The number of thiazole rings is 1. The quantitative estimate of drug-likeness (QED) is 0.577. The first-order valence-corrected chi connectivity index (χ1v) is 13.5. The molecule has 8 heteroatoms. The van der Waals surface area contributed by atoms with Gasteiger partial charge in [-0.3, -0.25) is 4.79 Å². The van der Waals surface area contributed by atoms with Gasteiger partial charge in [0.05, 0.1) is 26.0 Å². The second kappa shape index (κ2) is 8.92. The van der Waals surface area contributed by atoms with E-state index in [9.17, 15) is 13.2 Å². The van der Waals surface area contributed by atoms with Crippen molar-refractivity contribution in [3.63, 3.8) is 0 Å². The fraction of sp³-hybridized carbons (Fsp3) is 0.417. The lowest BCUT2D eigenvalue weighted by atomic mass is 9.93. The number of sulfonamides is 1. The third-order valence-corrected chi connectivity index (χ3v) is 9.66. The fourth-order valence-corrected chi connectivity index (χ4v) is 7.45. The van der Waals surface area contributed by atoms with E-state index in [0.717, 1.165) is 29.8 Å². The predicted octanol–water partition coefficient (Wildman–Crippen LogP) is 4.10. The zero-order chi connectivity index (χ0) is 22.1. The number of hydrogen-bond donors (Lipinski definition) is 0. The number of amides is 1. The largest absolute Gasteiger partial charge is 0.342 e. The Hall–Kier alpha value is -2.29. The Morgan fingerprint density at radius 1 is 0.938 bits per heavy atom. The van der Waals surface area contributed by atoms with Gasteiger partial charge in [-0.1, -0.05) is 30.3 Å². The molecule has 2 aliphatic heterocycles. The van der Waals surface area contributed by atoms with E-state index in [1.54, 1.807) is 41.7 Å². The molecule has 2 aliphatic rings. The first-order valence-electron chi connectivity index (χ1n) is 11.2. The van der Waals surface area contributed by atoms with Crippen molar-refractivity contribution in [3.05, 3.63) is 59.6 Å². The zero-order valence-corrected chi connectivity index (χ0v) is 19.5. The summed E-state index contributed by atoms with van der Waals surface area (Å²) in [6.07, 6.45) is 3.27. The molecule has 6 nitrogen and oxygen atoms in total. The van der Waals surface area contributed by atoms with Crippen molar-refractivity contribution in [2.45, 2.75) is 36.5 Å². The van der Waals surface area contributed by atoms with Gasteiger partial charge in [0.15, 0.2) is 0 Å². The van der Waals surface area contributed by atoms with Crippen LogP contribution in [0.2, 0.25) is 0 Å². The van der Waals surface area contributed by atoms with Crippen LogP contribution in [0, 0.1) is 5.92 Å². The minimum atomic E-state index is -3.56. The van der Waals surface area contributed by atoms with E-state index in [1.807, 2.05) is 23.1 Å². The number of likely N-dealkylation sites (tertiary alicyclic amines) is 1. The normalized spacial score (nSPS) is 21.1. The molecule has 1 atom stereocenters. The smallest absolute Gasteiger partial charge is 0.243 e. The Bertz CT molecular complexity index is 1170. The van der Waals surface area contributed by atoms with E-state index in [2.05, 4.69) is 6.07 Å². The van der Waals surface area contributed by atoms with Crippen molar-refractivity contribution in [1.29, 1.82) is 0 Å². The minimum absolute atomic E-state index is 0.0979. The SMILES string of the molecule is O=C(C1CCCN(S(=O)(=O)c2ccccc2)C1)N1CCC(c2nc3ccccc3s2)CC1. The molecule has 1 amide bonds. The van der Waals surface area contributed by atoms with Gasteiger partial charge in [-0.2, -0.15) is 4.31 Å². The molecule has 5 rings (SSSR count). The van der Waals surface area contributed by atoms with Crippen molar-refractivity contribution >= 4 is 37.5 Å². The summed E-state index contributed by atoms with van der Waals surface area (Å²) in [5.41, 5.74) is 1.05. The molecule has 2 fully saturated rings. The van der Waals surface area contributed by atoms with Crippen molar-refractivity contribution in [2.24, 2.45) is 5.92 Å². The summed E-state index contributed by atoms with van der Waals surface area (Å²) < 4.78 is 28.7. The number of nitrogens with zero attached hydrogens (tertiary/aromatic N) is 3. The Morgan fingerprint density at radius 3 is 2.41 bits per heavy atom. The topological polar surface area (TPSA) is 70.6 Å². The first kappa shape index (κ1) is 21.6. The molecule has 0 radical (unpaired) electrons. The van der Waals surface area contributed by atoms with Crippen LogP contribution in [0.4, 0.5) is 0 Å². The molecule has 0 aliphatic carbocycles. The van der Waals surface area contributed by atoms with E-state index < -0.39 is 10.0 Å². The van der Waals surface area contributed by atoms with Gasteiger partial charge in [-0.15, -0.1) is 11.3 Å². The van der Waals surface area contributed by atoms with Gasteiger partial charge in [-0.05, 0) is 49.9 Å². The summed E-state index contributed by atoms with van der Waals surface area (Å²) in [6, 6.07) is 16.7. The molecule has 0 saturated carbocycles. The number of carbonyl (C=O) groups is 1. The fourth-order valence-electron chi connectivity index (χ4n) is 4.77. The molecule has 1 unspecified atom stereocenters. The van der Waals surface area contributed by atoms with Crippen LogP contribution in [-0.4, -0.2) is 54.7 Å². The van der Waals surface area contributed by atoms with Crippen LogP contribution in [0.25, 0.3) is 10.2 Å². The number of rotatable bonds is 4. The number of para-hydroxylation sites is 1. The van der Waals surface area contributed by atoms with Crippen LogP contribution in [0.15, 0.2) is 59.5 Å². The standard InChI is InChI=1S/C24H27N3O3S2/c28-24(19-7-6-14-27(17-19)32(29,30)20-8-2-1-3-9-20)26-15-12-18(13-16-26)23-25-21-10-4-5-11-22(21)31-23/h1-5,8-11,18-19H,6-7,12-17H2. The van der Waals surface area contributed by atoms with Gasteiger partial charge >= 0.3 is 0 Å². The molecule has 168 valence electrons. The van der Waals surface area contributed by atoms with Crippen molar-refractivity contribution < 1.29 is 13.2 Å². The third kappa shape index (κ3) is 4.19. The molecule has 2 aromatic carbocycles. The second-order valence-electron chi connectivity index (χ2n) is 8.63. The van der Waals surface area contributed by atoms with Crippen LogP contribution in [0.1, 0.15) is 36.6 Å². The second-order valence-corrected chi connectivity index (χ2v) is 11.6. The lowest BCUT2D eigenvalue weighted by molar-refractivity contribution is -0.137. The predicted molar refractivity (Wildman–Crippen MR) is 126 cm³/mol. The molecular weight excluding hydrogens is 442 g/mol. The van der Waals surface area contributed by atoms with Crippen molar-refractivity contribution in [2.75, 3.05) is 26.2 Å². The van der Waals surface area contributed by atoms with E-state index >= 15 is 0 Å². The zero-order valence-electron chi connectivity index (χ0n) is 17.9. The van der Waals surface area contributed by atoms with Gasteiger partial charge in [0.1, 0.15) is 0 Å². The van der Waals surface area contributed by atoms with E-state index in [0.29, 0.717) is 36.9 Å². The summed E-state index contributed by atoms with van der Waals surface area (Å²) in [7, 11) is -3.56. The Kier molecular flexibility index (Phi) is 6.01. The monoisotopic (exact) mass is 469 g/mol. The van der Waals surface area contributed by atoms with E-state index in [1.165, 1.54) is 9.01 Å². The summed E-state index contributed by atoms with van der Waals surface area (Å²) in [5.74, 6) is 0.222. The number of carbonyl (C=O) groups excluding carboxylic acids is 1. The minimum Gasteiger partial charge on any atom is -0.342 e. The number of hydrogen-bond acceptors (Lipinski definition) is 5. The maximum atomic E-state index is 13.2. The molecule has 3 heterocycles. The number of fused-ring (bicyclic) bond motifs is 1. The molecule has 0 spiro atoms. The maximum Gasteiger partial charge on any atom is 0.243 e. The highest BCUT2D eigenvalue weighted by atomic mass is 32.2. The first-order chi connectivity index (χ1) is 15.5. The number of benzene rings is 2. The summed E-state index contributed by atoms with van der Waals surface area (Å²) in [5, 5.41) is 1.16. The third-order valence-electron chi connectivity index (χ3n) is 6.58. The Labute approximate surface area is 192 Å². The van der Waals surface area contributed by atoms with Gasteiger partial charge in [-0.25, -0.2) is 13.4 Å². The summed E-state index contributed by atoms with van der Waals surface area (Å²) in [6.45, 7) is 2.16. The van der Waals surface area contributed by atoms with Gasteiger partial charge in [0.2, 0.25) is 15.9 Å². The van der Waals surface area contributed by atoms with Crippen LogP contribution in [-0.2, 0) is 14.8 Å². The molecule has 3 aromatic rings. The van der Waals surface area contributed by atoms with Crippen LogP contribution in [0.5, 0.6) is 0 Å². The van der Waals surface area contributed by atoms with E-state index in [4.69, 9.17) is 4.98 Å². The Balaban J connectivity index is 1.22. The van der Waals surface area contributed by atoms with Crippen LogP contribution in [0.3, 0.4) is 0 Å². The van der Waals surface area contributed by atoms with E-state index in [-0.39, 0.29) is 18.4 Å².